The van der Waals surface area contributed by atoms with Gasteiger partial charge in [-0.1, -0.05) is 19.3 Å². The Labute approximate surface area is 95.4 Å². The number of nitrogens with zero attached hydrogens (tertiary/aromatic N) is 1. The molecule has 0 aromatic carbocycles. The molecule has 2 nitrogen and oxygen atoms in total. The van der Waals surface area contributed by atoms with Gasteiger partial charge in [-0.2, -0.15) is 0 Å². The first-order valence-electron chi connectivity index (χ1n) is 5.85. The molecule has 1 fully saturated rings. The second-order valence-electron chi connectivity index (χ2n) is 4.52. The first kappa shape index (κ1) is 11.1. The van der Waals surface area contributed by atoms with Crippen LogP contribution in [0.25, 0.3) is 0 Å². The van der Waals surface area contributed by atoms with Crippen LogP contribution in [0.2, 0.25) is 0 Å². The second kappa shape index (κ2) is 5.08. The summed E-state index contributed by atoms with van der Waals surface area (Å²) in [4.78, 5) is 5.60. The van der Waals surface area contributed by atoms with Crippen LogP contribution in [0.15, 0.2) is 6.20 Å². The molecule has 0 bridgehead atoms. The SMILES string of the molecule is Cc1ncc(CC2CCCCCC2O)s1. The van der Waals surface area contributed by atoms with Crippen molar-refractivity contribution in [2.75, 3.05) is 0 Å². The topological polar surface area (TPSA) is 33.1 Å². The highest BCUT2D eigenvalue weighted by Gasteiger charge is 2.22. The van der Waals surface area contributed by atoms with E-state index in [-0.39, 0.29) is 6.10 Å². The molecule has 1 aromatic heterocycles. The normalized spacial score (nSPS) is 27.6. The van der Waals surface area contributed by atoms with Gasteiger partial charge in [-0.05, 0) is 32.1 Å². The van der Waals surface area contributed by atoms with E-state index in [2.05, 4.69) is 4.98 Å². The summed E-state index contributed by atoms with van der Waals surface area (Å²) >= 11 is 1.77. The molecule has 15 heavy (non-hydrogen) atoms. The van der Waals surface area contributed by atoms with Gasteiger partial charge in [-0.25, -0.2) is 4.98 Å². The standard InChI is InChI=1S/C12H19NOS/c1-9-13-8-11(15-9)7-10-5-3-2-4-6-12(10)14/h8,10,12,14H,2-7H2,1H3. The minimum Gasteiger partial charge on any atom is -0.393 e. The van der Waals surface area contributed by atoms with Crippen molar-refractivity contribution in [2.45, 2.75) is 51.6 Å². The highest BCUT2D eigenvalue weighted by atomic mass is 32.1. The van der Waals surface area contributed by atoms with E-state index in [9.17, 15) is 5.11 Å². The summed E-state index contributed by atoms with van der Waals surface area (Å²) in [7, 11) is 0. The molecular weight excluding hydrogens is 206 g/mol. The maximum atomic E-state index is 10.0. The van der Waals surface area contributed by atoms with Gasteiger partial charge in [0.25, 0.3) is 0 Å². The summed E-state index contributed by atoms with van der Waals surface area (Å²) in [6.45, 7) is 2.04. The number of aliphatic hydroxyl groups is 1. The zero-order chi connectivity index (χ0) is 10.7. The molecule has 2 unspecified atom stereocenters. The fourth-order valence-electron chi connectivity index (χ4n) is 2.36. The molecule has 0 spiro atoms. The van der Waals surface area contributed by atoms with E-state index in [0.29, 0.717) is 5.92 Å². The van der Waals surface area contributed by atoms with Crippen molar-refractivity contribution in [2.24, 2.45) is 5.92 Å². The Hall–Kier alpha value is -0.410. The molecule has 3 heteroatoms. The van der Waals surface area contributed by atoms with Gasteiger partial charge in [0, 0.05) is 11.1 Å². The van der Waals surface area contributed by atoms with Gasteiger partial charge in [0.1, 0.15) is 0 Å². The summed E-state index contributed by atoms with van der Waals surface area (Å²) in [5.74, 6) is 0.465. The molecule has 1 aromatic rings. The van der Waals surface area contributed by atoms with Crippen LogP contribution >= 0.6 is 11.3 Å². The molecule has 0 saturated heterocycles. The molecule has 0 amide bonds. The number of hydrogen-bond acceptors (Lipinski definition) is 3. The van der Waals surface area contributed by atoms with Gasteiger partial charge < -0.3 is 5.11 Å². The highest BCUT2D eigenvalue weighted by Crippen LogP contribution is 2.28. The molecule has 2 atom stereocenters. The minimum atomic E-state index is -0.0880. The van der Waals surface area contributed by atoms with E-state index < -0.39 is 0 Å². The molecule has 84 valence electrons. The molecule has 1 N–H and O–H groups in total. The quantitative estimate of drug-likeness (QED) is 0.785. The maximum Gasteiger partial charge on any atom is 0.0896 e. The monoisotopic (exact) mass is 225 g/mol. The van der Waals surface area contributed by atoms with Crippen molar-refractivity contribution in [1.82, 2.24) is 4.98 Å². The number of rotatable bonds is 2. The number of thiazole rings is 1. The van der Waals surface area contributed by atoms with Crippen LogP contribution in [0.3, 0.4) is 0 Å². The lowest BCUT2D eigenvalue weighted by Crippen LogP contribution is -2.20. The molecule has 0 aliphatic heterocycles. The van der Waals surface area contributed by atoms with Gasteiger partial charge >= 0.3 is 0 Å². The molecule has 1 aliphatic rings. The van der Waals surface area contributed by atoms with Crippen molar-refractivity contribution in [3.8, 4) is 0 Å². The first-order chi connectivity index (χ1) is 7.25. The fourth-order valence-corrected chi connectivity index (χ4v) is 3.25. The van der Waals surface area contributed by atoms with Crippen molar-refractivity contribution >= 4 is 11.3 Å². The van der Waals surface area contributed by atoms with Crippen molar-refractivity contribution in [3.05, 3.63) is 16.1 Å². The summed E-state index contributed by atoms with van der Waals surface area (Å²) in [5.41, 5.74) is 0. The Morgan fingerprint density at radius 2 is 2.20 bits per heavy atom. The van der Waals surface area contributed by atoms with Crippen molar-refractivity contribution in [1.29, 1.82) is 0 Å². The Kier molecular flexibility index (Phi) is 3.76. The van der Waals surface area contributed by atoms with E-state index in [1.54, 1.807) is 11.3 Å². The average molecular weight is 225 g/mol. The third kappa shape index (κ3) is 3.02. The second-order valence-corrected chi connectivity index (χ2v) is 5.83. The van der Waals surface area contributed by atoms with Gasteiger partial charge in [-0.3, -0.25) is 0 Å². The lowest BCUT2D eigenvalue weighted by Gasteiger charge is -2.18. The van der Waals surface area contributed by atoms with Crippen LogP contribution in [0.4, 0.5) is 0 Å². The van der Waals surface area contributed by atoms with Gasteiger partial charge in [-0.15, -0.1) is 11.3 Å². The van der Waals surface area contributed by atoms with Crippen LogP contribution < -0.4 is 0 Å². The zero-order valence-corrected chi connectivity index (χ0v) is 10.1. The Morgan fingerprint density at radius 3 is 2.93 bits per heavy atom. The Morgan fingerprint density at radius 1 is 1.40 bits per heavy atom. The molecule has 2 rings (SSSR count). The summed E-state index contributed by atoms with van der Waals surface area (Å²) in [6, 6.07) is 0. The van der Waals surface area contributed by atoms with Gasteiger partial charge in [0.2, 0.25) is 0 Å². The molecule has 1 saturated carbocycles. The lowest BCUT2D eigenvalue weighted by atomic mass is 9.93. The van der Waals surface area contributed by atoms with E-state index >= 15 is 0 Å². The van der Waals surface area contributed by atoms with E-state index in [1.165, 1.54) is 30.6 Å². The van der Waals surface area contributed by atoms with Crippen LogP contribution in [0.5, 0.6) is 0 Å². The molecule has 1 aliphatic carbocycles. The smallest absolute Gasteiger partial charge is 0.0896 e. The highest BCUT2D eigenvalue weighted by molar-refractivity contribution is 7.11. The molecular formula is C12H19NOS. The Balaban J connectivity index is 1.97. The predicted molar refractivity (Wildman–Crippen MR) is 63.1 cm³/mol. The number of aliphatic hydroxyl groups excluding tert-OH is 1. The molecule has 1 heterocycles. The number of aryl methyl sites for hydroxylation is 1. The summed E-state index contributed by atoms with van der Waals surface area (Å²) in [5, 5.41) is 11.1. The third-order valence-corrected chi connectivity index (χ3v) is 4.19. The largest absolute Gasteiger partial charge is 0.393 e. The summed E-state index contributed by atoms with van der Waals surface area (Å²) < 4.78 is 0. The fraction of sp³-hybridized carbons (Fsp3) is 0.750. The predicted octanol–water partition coefficient (Wildman–Crippen LogP) is 2.94. The van der Waals surface area contributed by atoms with Crippen LogP contribution in [0, 0.1) is 12.8 Å². The third-order valence-electron chi connectivity index (χ3n) is 3.25. The van der Waals surface area contributed by atoms with Crippen molar-refractivity contribution in [3.63, 3.8) is 0 Å². The number of hydrogen-bond donors (Lipinski definition) is 1. The minimum absolute atomic E-state index is 0.0880. The molecule has 0 radical (unpaired) electrons. The van der Waals surface area contributed by atoms with Crippen LogP contribution in [0.1, 0.15) is 42.0 Å². The van der Waals surface area contributed by atoms with E-state index in [0.717, 1.165) is 17.8 Å². The van der Waals surface area contributed by atoms with Crippen LogP contribution in [-0.2, 0) is 6.42 Å². The van der Waals surface area contributed by atoms with Crippen molar-refractivity contribution < 1.29 is 5.11 Å². The summed E-state index contributed by atoms with van der Waals surface area (Å²) in [6.07, 6.45) is 8.83. The number of aromatic nitrogens is 1. The first-order valence-corrected chi connectivity index (χ1v) is 6.67. The van der Waals surface area contributed by atoms with E-state index in [1.807, 2.05) is 13.1 Å². The van der Waals surface area contributed by atoms with E-state index in [4.69, 9.17) is 0 Å². The lowest BCUT2D eigenvalue weighted by molar-refractivity contribution is 0.101. The zero-order valence-electron chi connectivity index (χ0n) is 9.28. The maximum absolute atomic E-state index is 10.0. The van der Waals surface area contributed by atoms with Gasteiger partial charge in [0.15, 0.2) is 0 Å². The van der Waals surface area contributed by atoms with Gasteiger partial charge in [0.05, 0.1) is 11.1 Å². The van der Waals surface area contributed by atoms with Crippen LogP contribution in [-0.4, -0.2) is 16.2 Å². The Bertz CT molecular complexity index is 310. The average Bonchev–Trinajstić information content (AvgIpc) is 2.50.